The van der Waals surface area contributed by atoms with Crippen LogP contribution in [0.2, 0.25) is 0 Å². The highest BCUT2D eigenvalue weighted by Crippen LogP contribution is 2.14. The van der Waals surface area contributed by atoms with Crippen molar-refractivity contribution < 1.29 is 4.79 Å². The van der Waals surface area contributed by atoms with Crippen LogP contribution in [0.15, 0.2) is 47.3 Å². The molecule has 2 aromatic rings. The molecule has 0 bridgehead atoms. The first kappa shape index (κ1) is 18.2. The summed E-state index contributed by atoms with van der Waals surface area (Å²) in [6.07, 6.45) is 10.1. The van der Waals surface area contributed by atoms with E-state index in [1.807, 2.05) is 37.4 Å². The van der Waals surface area contributed by atoms with E-state index in [4.69, 9.17) is 0 Å². The maximum Gasteiger partial charge on any atom is 0.189 e. The van der Waals surface area contributed by atoms with Crippen molar-refractivity contribution in [3.8, 4) is 0 Å². The Kier molecular flexibility index (Phi) is 6.98. The van der Waals surface area contributed by atoms with Gasteiger partial charge in [0.05, 0.1) is 5.52 Å². The van der Waals surface area contributed by atoms with Crippen LogP contribution in [0.5, 0.6) is 0 Å². The van der Waals surface area contributed by atoms with Crippen LogP contribution in [0.25, 0.3) is 10.9 Å². The molecule has 3 nitrogen and oxygen atoms in total. The number of benzene rings is 1. The van der Waals surface area contributed by atoms with E-state index in [0.29, 0.717) is 6.42 Å². The van der Waals surface area contributed by atoms with E-state index < -0.39 is 0 Å². The fraction of sp³-hybridized carbons (Fsp3) is 0.429. The second-order valence-corrected chi connectivity index (χ2v) is 6.29. The topological polar surface area (TPSA) is 39.1 Å². The fourth-order valence-electron chi connectivity index (χ4n) is 2.94. The van der Waals surface area contributed by atoms with Crippen molar-refractivity contribution in [2.75, 3.05) is 0 Å². The Morgan fingerprint density at radius 1 is 1.17 bits per heavy atom. The molecule has 0 aliphatic rings. The molecule has 0 spiro atoms. The molecule has 0 aliphatic carbocycles. The van der Waals surface area contributed by atoms with E-state index in [1.165, 1.54) is 0 Å². The largest absolute Gasteiger partial charge is 0.347 e. The number of aromatic nitrogens is 1. The van der Waals surface area contributed by atoms with Crippen molar-refractivity contribution >= 4 is 16.7 Å². The maximum absolute atomic E-state index is 12.2. The summed E-state index contributed by atoms with van der Waals surface area (Å²) in [5.41, 5.74) is 2.14. The highest BCUT2D eigenvalue weighted by molar-refractivity contribution is 5.89. The molecule has 0 saturated heterocycles. The number of carbonyl (C=O) groups is 1. The van der Waals surface area contributed by atoms with Crippen LogP contribution in [-0.4, -0.2) is 10.4 Å². The Bertz CT molecular complexity index is 771. The van der Waals surface area contributed by atoms with Crippen LogP contribution in [0.4, 0.5) is 0 Å². The minimum Gasteiger partial charge on any atom is -0.347 e. The van der Waals surface area contributed by atoms with Gasteiger partial charge in [-0.05, 0) is 43.9 Å². The van der Waals surface area contributed by atoms with Gasteiger partial charge in [-0.25, -0.2) is 0 Å². The third kappa shape index (κ3) is 4.92. The summed E-state index contributed by atoms with van der Waals surface area (Å²) in [4.78, 5) is 23.9. The monoisotopic (exact) mass is 325 g/mol. The van der Waals surface area contributed by atoms with Crippen molar-refractivity contribution in [3.05, 3.63) is 58.4 Å². The molecule has 0 radical (unpaired) electrons. The van der Waals surface area contributed by atoms with E-state index in [2.05, 4.69) is 11.5 Å². The lowest BCUT2D eigenvalue weighted by atomic mass is 10.1. The number of allylic oxidation sites excluding steroid dienone is 2. The van der Waals surface area contributed by atoms with E-state index in [0.717, 1.165) is 55.1 Å². The molecule has 128 valence electrons. The number of aryl methyl sites for hydroxylation is 2. The van der Waals surface area contributed by atoms with Crippen LogP contribution in [0.3, 0.4) is 0 Å². The van der Waals surface area contributed by atoms with Gasteiger partial charge in [-0.3, -0.25) is 9.59 Å². The first-order valence-corrected chi connectivity index (χ1v) is 8.90. The zero-order valence-electron chi connectivity index (χ0n) is 14.8. The van der Waals surface area contributed by atoms with Gasteiger partial charge in [0.15, 0.2) is 11.2 Å². The van der Waals surface area contributed by atoms with Gasteiger partial charge in [0.2, 0.25) is 0 Å². The van der Waals surface area contributed by atoms with Crippen LogP contribution < -0.4 is 5.43 Å². The van der Waals surface area contributed by atoms with Gasteiger partial charge >= 0.3 is 0 Å². The van der Waals surface area contributed by atoms with E-state index >= 15 is 0 Å². The predicted molar refractivity (Wildman–Crippen MR) is 100 cm³/mol. The lowest BCUT2D eigenvalue weighted by Crippen LogP contribution is -2.11. The van der Waals surface area contributed by atoms with Gasteiger partial charge in [-0.15, -0.1) is 0 Å². The Balaban J connectivity index is 1.85. The highest BCUT2D eigenvalue weighted by Gasteiger charge is 2.06. The SMILES string of the molecule is CCCC=CC(=O)CCCCCc1cc(=O)c2ccccc2n1C. The number of unbranched alkanes of at least 4 members (excludes halogenated alkanes) is 3. The normalized spacial score (nSPS) is 11.4. The third-order valence-corrected chi connectivity index (χ3v) is 4.37. The van der Waals surface area contributed by atoms with Crippen LogP contribution in [-0.2, 0) is 18.3 Å². The third-order valence-electron chi connectivity index (χ3n) is 4.37. The number of carbonyl (C=O) groups excluding carboxylic acids is 1. The predicted octanol–water partition coefficient (Wildman–Crippen LogP) is 4.57. The summed E-state index contributed by atoms with van der Waals surface area (Å²) in [5.74, 6) is 0.224. The number of para-hydroxylation sites is 1. The minimum atomic E-state index is 0.0925. The summed E-state index contributed by atoms with van der Waals surface area (Å²) in [7, 11) is 2.01. The van der Waals surface area contributed by atoms with Gasteiger partial charge in [0.1, 0.15) is 0 Å². The molecule has 0 aliphatic heterocycles. The Hall–Kier alpha value is -2.16. The van der Waals surface area contributed by atoms with Crippen LogP contribution in [0, 0.1) is 0 Å². The molecule has 0 amide bonds. The van der Waals surface area contributed by atoms with E-state index in [-0.39, 0.29) is 11.2 Å². The van der Waals surface area contributed by atoms with Gasteiger partial charge in [0, 0.05) is 30.6 Å². The molecule has 2 rings (SSSR count). The zero-order valence-corrected chi connectivity index (χ0v) is 14.8. The molecule has 0 atom stereocenters. The number of hydrogen-bond acceptors (Lipinski definition) is 2. The summed E-state index contributed by atoms with van der Waals surface area (Å²) in [6.45, 7) is 2.11. The summed E-state index contributed by atoms with van der Waals surface area (Å²) in [5, 5.41) is 0.771. The second kappa shape index (κ2) is 9.21. The zero-order chi connectivity index (χ0) is 17.4. The molecule has 1 heterocycles. The number of nitrogens with zero attached hydrogens (tertiary/aromatic N) is 1. The highest BCUT2D eigenvalue weighted by atomic mass is 16.1. The van der Waals surface area contributed by atoms with Gasteiger partial charge < -0.3 is 4.57 Å². The van der Waals surface area contributed by atoms with Crippen LogP contribution >= 0.6 is 0 Å². The average Bonchev–Trinajstić information content (AvgIpc) is 2.59. The summed E-state index contributed by atoms with van der Waals surface area (Å²) >= 11 is 0. The Labute approximate surface area is 144 Å². The first-order chi connectivity index (χ1) is 11.6. The molecule has 24 heavy (non-hydrogen) atoms. The lowest BCUT2D eigenvalue weighted by Gasteiger charge is -2.12. The maximum atomic E-state index is 12.2. The van der Waals surface area contributed by atoms with Gasteiger partial charge in [0.25, 0.3) is 0 Å². The molecular formula is C21H27NO2. The molecule has 3 heteroatoms. The molecule has 0 saturated carbocycles. The lowest BCUT2D eigenvalue weighted by molar-refractivity contribution is -0.114. The van der Waals surface area contributed by atoms with E-state index in [9.17, 15) is 9.59 Å². The van der Waals surface area contributed by atoms with Gasteiger partial charge in [-0.2, -0.15) is 0 Å². The van der Waals surface area contributed by atoms with Crippen molar-refractivity contribution in [3.63, 3.8) is 0 Å². The van der Waals surface area contributed by atoms with Crippen molar-refractivity contribution in [2.45, 2.75) is 51.9 Å². The number of rotatable bonds is 9. The quantitative estimate of drug-likeness (QED) is 0.500. The molecule has 1 aromatic carbocycles. The molecular weight excluding hydrogens is 298 g/mol. The minimum absolute atomic E-state index is 0.0925. The van der Waals surface area contributed by atoms with Crippen molar-refractivity contribution in [1.82, 2.24) is 4.57 Å². The molecule has 0 unspecified atom stereocenters. The summed E-state index contributed by atoms with van der Waals surface area (Å²) in [6, 6.07) is 9.47. The number of fused-ring (bicyclic) bond motifs is 1. The number of ketones is 1. The van der Waals surface area contributed by atoms with Crippen molar-refractivity contribution in [1.29, 1.82) is 0 Å². The smallest absolute Gasteiger partial charge is 0.189 e. The fourth-order valence-corrected chi connectivity index (χ4v) is 2.94. The second-order valence-electron chi connectivity index (χ2n) is 6.29. The van der Waals surface area contributed by atoms with Gasteiger partial charge in [-0.1, -0.05) is 38.0 Å². The number of hydrogen-bond donors (Lipinski definition) is 0. The Morgan fingerprint density at radius 3 is 2.75 bits per heavy atom. The van der Waals surface area contributed by atoms with E-state index in [1.54, 1.807) is 12.1 Å². The molecule has 1 aromatic heterocycles. The molecule has 0 fully saturated rings. The average molecular weight is 325 g/mol. The first-order valence-electron chi connectivity index (χ1n) is 8.90. The van der Waals surface area contributed by atoms with Crippen LogP contribution in [0.1, 0.15) is 51.1 Å². The summed E-state index contributed by atoms with van der Waals surface area (Å²) < 4.78 is 2.11. The standard InChI is InChI=1S/C21H27NO2/c1-3-4-6-12-18(23)13-8-5-7-11-17-16-21(24)19-14-9-10-15-20(19)22(17)2/h6,9-10,12,14-16H,3-5,7-8,11,13H2,1-2H3. The van der Waals surface area contributed by atoms with Crippen molar-refractivity contribution in [2.24, 2.45) is 7.05 Å². The Morgan fingerprint density at radius 2 is 1.96 bits per heavy atom. The molecule has 0 N–H and O–H groups in total. The number of pyridine rings is 1.